The zero-order valence-corrected chi connectivity index (χ0v) is 10.6. The van der Waals surface area contributed by atoms with Crippen LogP contribution in [-0.4, -0.2) is 35.5 Å². The van der Waals surface area contributed by atoms with E-state index < -0.39 is 6.04 Å². The molecule has 1 aromatic heterocycles. The SMILES string of the molecule is CCn1cc(NC(=O)C2CNC(=O)CN2)ccc1=O. The lowest BCUT2D eigenvalue weighted by atomic mass is 10.2. The molecular weight excluding hydrogens is 248 g/mol. The fourth-order valence-electron chi connectivity index (χ4n) is 1.83. The number of aromatic nitrogens is 1. The van der Waals surface area contributed by atoms with E-state index in [4.69, 9.17) is 0 Å². The summed E-state index contributed by atoms with van der Waals surface area (Å²) in [5, 5.41) is 8.17. The van der Waals surface area contributed by atoms with Crippen molar-refractivity contribution in [3.8, 4) is 0 Å². The highest BCUT2D eigenvalue weighted by molar-refractivity contribution is 5.96. The number of carbonyl (C=O) groups excluding carboxylic acids is 2. The van der Waals surface area contributed by atoms with Gasteiger partial charge in [-0.2, -0.15) is 0 Å². The van der Waals surface area contributed by atoms with E-state index in [0.717, 1.165) is 0 Å². The molecule has 2 heterocycles. The first-order chi connectivity index (χ1) is 9.10. The van der Waals surface area contributed by atoms with E-state index in [1.54, 1.807) is 12.3 Å². The number of nitrogens with zero attached hydrogens (tertiary/aromatic N) is 1. The Morgan fingerprint density at radius 2 is 2.26 bits per heavy atom. The number of pyridine rings is 1. The molecule has 2 amide bonds. The minimum Gasteiger partial charge on any atom is -0.353 e. The molecule has 1 aliphatic rings. The molecule has 19 heavy (non-hydrogen) atoms. The van der Waals surface area contributed by atoms with Gasteiger partial charge >= 0.3 is 0 Å². The third-order valence-corrected chi connectivity index (χ3v) is 2.92. The van der Waals surface area contributed by atoms with E-state index in [-0.39, 0.29) is 30.5 Å². The van der Waals surface area contributed by atoms with Crippen LogP contribution in [0.4, 0.5) is 5.69 Å². The number of aryl methyl sites for hydroxylation is 1. The van der Waals surface area contributed by atoms with Crippen molar-refractivity contribution in [2.45, 2.75) is 19.5 Å². The molecule has 1 unspecified atom stereocenters. The average molecular weight is 264 g/mol. The minimum atomic E-state index is -0.459. The highest BCUT2D eigenvalue weighted by Crippen LogP contribution is 2.04. The summed E-state index contributed by atoms with van der Waals surface area (Å²) >= 11 is 0. The van der Waals surface area contributed by atoms with Crippen molar-refractivity contribution >= 4 is 17.5 Å². The van der Waals surface area contributed by atoms with Crippen LogP contribution in [-0.2, 0) is 16.1 Å². The fraction of sp³-hybridized carbons (Fsp3) is 0.417. The molecule has 0 radical (unpaired) electrons. The largest absolute Gasteiger partial charge is 0.353 e. The molecule has 1 aromatic rings. The second-order valence-electron chi connectivity index (χ2n) is 4.27. The summed E-state index contributed by atoms with van der Waals surface area (Å²) in [5.41, 5.74) is 0.453. The maximum Gasteiger partial charge on any atom is 0.250 e. The molecule has 7 heteroatoms. The normalized spacial score (nSPS) is 18.8. The summed E-state index contributed by atoms with van der Waals surface area (Å²) in [6.45, 7) is 2.79. The quantitative estimate of drug-likeness (QED) is 0.646. The Bertz CT molecular complexity index is 542. The van der Waals surface area contributed by atoms with Gasteiger partial charge in [0.05, 0.1) is 12.2 Å². The predicted molar refractivity (Wildman–Crippen MR) is 69.8 cm³/mol. The van der Waals surface area contributed by atoms with Crippen LogP contribution < -0.4 is 21.5 Å². The van der Waals surface area contributed by atoms with Crippen molar-refractivity contribution in [1.29, 1.82) is 0 Å². The standard InChI is InChI=1S/C12H16N4O3/c1-2-16-7-8(3-4-11(16)18)15-12(19)9-5-14-10(17)6-13-9/h3-4,7,9,13H,2,5-6H2,1H3,(H,14,17)(H,15,19). The van der Waals surface area contributed by atoms with E-state index in [9.17, 15) is 14.4 Å². The number of hydrogen-bond acceptors (Lipinski definition) is 4. The summed E-state index contributed by atoms with van der Waals surface area (Å²) in [6, 6.07) is 2.52. The second kappa shape index (κ2) is 5.66. The molecule has 0 aromatic carbocycles. The third kappa shape index (κ3) is 3.19. The van der Waals surface area contributed by atoms with Gasteiger partial charge in [0.1, 0.15) is 6.04 Å². The molecule has 2 rings (SSSR count). The number of hydrogen-bond donors (Lipinski definition) is 3. The zero-order valence-electron chi connectivity index (χ0n) is 10.6. The first kappa shape index (κ1) is 13.3. The number of amides is 2. The van der Waals surface area contributed by atoms with Crippen molar-refractivity contribution in [2.24, 2.45) is 0 Å². The van der Waals surface area contributed by atoms with Crippen LogP contribution in [0.25, 0.3) is 0 Å². The zero-order chi connectivity index (χ0) is 13.8. The van der Waals surface area contributed by atoms with Gasteiger partial charge in [0.2, 0.25) is 11.8 Å². The maximum absolute atomic E-state index is 11.9. The van der Waals surface area contributed by atoms with E-state index in [1.165, 1.54) is 10.6 Å². The molecule has 0 bridgehead atoms. The maximum atomic E-state index is 11.9. The third-order valence-electron chi connectivity index (χ3n) is 2.92. The van der Waals surface area contributed by atoms with Gasteiger partial charge in [-0.05, 0) is 13.0 Å². The molecule has 7 nitrogen and oxygen atoms in total. The highest BCUT2D eigenvalue weighted by Gasteiger charge is 2.23. The molecule has 1 saturated heterocycles. The van der Waals surface area contributed by atoms with E-state index in [0.29, 0.717) is 12.2 Å². The molecule has 0 saturated carbocycles. The molecular formula is C12H16N4O3. The van der Waals surface area contributed by atoms with Crippen LogP contribution in [0.3, 0.4) is 0 Å². The van der Waals surface area contributed by atoms with Gasteiger partial charge in [-0.1, -0.05) is 0 Å². The monoisotopic (exact) mass is 264 g/mol. The van der Waals surface area contributed by atoms with E-state index in [2.05, 4.69) is 16.0 Å². The Balaban J connectivity index is 2.02. The van der Waals surface area contributed by atoms with Crippen LogP contribution >= 0.6 is 0 Å². The van der Waals surface area contributed by atoms with E-state index in [1.807, 2.05) is 6.92 Å². The van der Waals surface area contributed by atoms with Crippen LogP contribution in [0.15, 0.2) is 23.1 Å². The lowest BCUT2D eigenvalue weighted by Gasteiger charge is -2.23. The Hall–Kier alpha value is -2.15. The average Bonchev–Trinajstić information content (AvgIpc) is 2.41. The summed E-state index contributed by atoms with van der Waals surface area (Å²) in [4.78, 5) is 34.3. The minimum absolute atomic E-state index is 0.108. The molecule has 0 spiro atoms. The van der Waals surface area contributed by atoms with Crippen molar-refractivity contribution in [2.75, 3.05) is 18.4 Å². The van der Waals surface area contributed by atoms with Crippen LogP contribution in [0.2, 0.25) is 0 Å². The van der Waals surface area contributed by atoms with E-state index >= 15 is 0 Å². The van der Waals surface area contributed by atoms with Gasteiger partial charge in [-0.3, -0.25) is 19.7 Å². The summed E-state index contributed by atoms with van der Waals surface area (Å²) < 4.78 is 1.51. The predicted octanol–water partition coefficient (Wildman–Crippen LogP) is -1.11. The number of anilines is 1. The first-order valence-corrected chi connectivity index (χ1v) is 6.11. The lowest BCUT2D eigenvalue weighted by molar-refractivity contribution is -0.124. The lowest BCUT2D eigenvalue weighted by Crippen LogP contribution is -2.56. The van der Waals surface area contributed by atoms with Crippen LogP contribution in [0, 0.1) is 0 Å². The first-order valence-electron chi connectivity index (χ1n) is 6.11. The molecule has 1 fully saturated rings. The molecule has 1 aliphatic heterocycles. The number of piperazine rings is 1. The van der Waals surface area contributed by atoms with Crippen molar-refractivity contribution in [1.82, 2.24) is 15.2 Å². The van der Waals surface area contributed by atoms with Gasteiger partial charge in [0.15, 0.2) is 0 Å². The van der Waals surface area contributed by atoms with Gasteiger partial charge in [0, 0.05) is 25.4 Å². The molecule has 102 valence electrons. The van der Waals surface area contributed by atoms with Crippen molar-refractivity contribution < 1.29 is 9.59 Å². The van der Waals surface area contributed by atoms with Crippen LogP contribution in [0.1, 0.15) is 6.92 Å². The second-order valence-corrected chi connectivity index (χ2v) is 4.27. The summed E-state index contributed by atoms with van der Waals surface area (Å²) in [6.07, 6.45) is 1.60. The topological polar surface area (TPSA) is 92.2 Å². The highest BCUT2D eigenvalue weighted by atomic mass is 16.2. The molecule has 1 atom stereocenters. The number of carbonyl (C=O) groups is 2. The van der Waals surface area contributed by atoms with Gasteiger partial charge in [0.25, 0.3) is 5.56 Å². The number of nitrogens with one attached hydrogen (secondary N) is 3. The van der Waals surface area contributed by atoms with Gasteiger partial charge in [-0.25, -0.2) is 0 Å². The van der Waals surface area contributed by atoms with Gasteiger partial charge in [-0.15, -0.1) is 0 Å². The number of rotatable bonds is 3. The molecule has 0 aliphatic carbocycles. The van der Waals surface area contributed by atoms with Gasteiger partial charge < -0.3 is 15.2 Å². The van der Waals surface area contributed by atoms with Crippen LogP contribution in [0.5, 0.6) is 0 Å². The fourth-order valence-corrected chi connectivity index (χ4v) is 1.83. The molecule has 3 N–H and O–H groups in total. The van der Waals surface area contributed by atoms with Crippen molar-refractivity contribution in [3.05, 3.63) is 28.7 Å². The Morgan fingerprint density at radius 3 is 2.89 bits per heavy atom. The Morgan fingerprint density at radius 1 is 1.47 bits per heavy atom. The Kier molecular flexibility index (Phi) is 3.96. The smallest absolute Gasteiger partial charge is 0.250 e. The summed E-state index contributed by atoms with van der Waals surface area (Å²) in [7, 11) is 0. The summed E-state index contributed by atoms with van der Waals surface area (Å²) in [5.74, 6) is -0.357. The Labute approximate surface area is 110 Å². The van der Waals surface area contributed by atoms with Crippen molar-refractivity contribution in [3.63, 3.8) is 0 Å².